The Kier molecular flexibility index (Phi) is 5.80. The number of ether oxygens (including phenoxy) is 2. The van der Waals surface area contributed by atoms with E-state index in [1.807, 2.05) is 35.9 Å². The second-order valence-corrected chi connectivity index (χ2v) is 7.13. The zero-order valence-electron chi connectivity index (χ0n) is 17.2. The molecule has 2 aromatic rings. The van der Waals surface area contributed by atoms with Crippen molar-refractivity contribution in [2.45, 2.75) is 32.7 Å². The third-order valence-corrected chi connectivity index (χ3v) is 5.29. The number of pyridine rings is 1. The van der Waals surface area contributed by atoms with Gasteiger partial charge in [0.15, 0.2) is 6.23 Å². The van der Waals surface area contributed by atoms with Crippen molar-refractivity contribution in [3.05, 3.63) is 47.0 Å². The summed E-state index contributed by atoms with van der Waals surface area (Å²) in [4.78, 5) is 36.7. The summed E-state index contributed by atoms with van der Waals surface area (Å²) in [6.45, 7) is 4.01. The molecule has 0 saturated carbocycles. The number of hydrogen-bond acceptors (Lipinski definition) is 6. The van der Waals surface area contributed by atoms with E-state index in [4.69, 9.17) is 14.5 Å². The Hall–Kier alpha value is -3.20. The van der Waals surface area contributed by atoms with E-state index in [2.05, 4.69) is 11.1 Å². The van der Waals surface area contributed by atoms with Crippen LogP contribution in [0.4, 0.5) is 10.5 Å². The number of carbonyl (C=O) groups excluding carboxylic acids is 2. The minimum absolute atomic E-state index is 0.00566. The van der Waals surface area contributed by atoms with E-state index in [1.54, 1.807) is 11.1 Å². The Balaban J connectivity index is 1.55. The van der Waals surface area contributed by atoms with Gasteiger partial charge in [-0.3, -0.25) is 14.7 Å². The maximum Gasteiger partial charge on any atom is 0.410 e. The Morgan fingerprint density at radius 2 is 2.17 bits per heavy atom. The maximum atomic E-state index is 12.7. The summed E-state index contributed by atoms with van der Waals surface area (Å²) in [6, 6.07) is 5.72. The zero-order chi connectivity index (χ0) is 21.1. The largest absolute Gasteiger partial charge is 0.453 e. The molecule has 2 aliphatic heterocycles. The topological polar surface area (TPSA) is 89.3 Å². The van der Waals surface area contributed by atoms with Crippen LogP contribution in [0.5, 0.6) is 0 Å². The van der Waals surface area contributed by atoms with Gasteiger partial charge in [-0.25, -0.2) is 9.79 Å². The quantitative estimate of drug-likeness (QED) is 0.721. The van der Waals surface area contributed by atoms with Gasteiger partial charge in [0.05, 0.1) is 25.1 Å². The van der Waals surface area contributed by atoms with Crippen molar-refractivity contribution in [2.75, 3.05) is 31.6 Å². The SMILES string of the molecule is CCn1cc(N2CCN(C(=O)OC)CC2=O)c2c1=NC(OCc1ccccn1)CC=2. The molecule has 0 spiro atoms. The van der Waals surface area contributed by atoms with Crippen LogP contribution in [-0.2, 0) is 27.4 Å². The van der Waals surface area contributed by atoms with Crippen LogP contribution in [0.15, 0.2) is 35.6 Å². The van der Waals surface area contributed by atoms with E-state index in [-0.39, 0.29) is 18.7 Å². The van der Waals surface area contributed by atoms with Gasteiger partial charge < -0.3 is 18.9 Å². The first-order valence-corrected chi connectivity index (χ1v) is 10.0. The molecule has 1 saturated heterocycles. The second-order valence-electron chi connectivity index (χ2n) is 7.13. The number of aromatic nitrogens is 2. The molecule has 1 unspecified atom stereocenters. The third kappa shape index (κ3) is 3.93. The molecule has 0 bridgehead atoms. The summed E-state index contributed by atoms with van der Waals surface area (Å²) in [5.74, 6) is -0.135. The lowest BCUT2D eigenvalue weighted by Crippen LogP contribution is -2.53. The van der Waals surface area contributed by atoms with Gasteiger partial charge in [0.25, 0.3) is 0 Å². The fraction of sp³-hybridized carbons (Fsp3) is 0.429. The molecule has 0 aliphatic carbocycles. The number of carbonyl (C=O) groups is 2. The van der Waals surface area contributed by atoms with Gasteiger partial charge in [0, 0.05) is 43.7 Å². The van der Waals surface area contributed by atoms with Gasteiger partial charge in [0.2, 0.25) is 5.91 Å². The number of amides is 2. The summed E-state index contributed by atoms with van der Waals surface area (Å²) < 4.78 is 12.7. The number of nitrogens with zero attached hydrogens (tertiary/aromatic N) is 5. The van der Waals surface area contributed by atoms with Crippen molar-refractivity contribution in [2.24, 2.45) is 4.99 Å². The summed E-state index contributed by atoms with van der Waals surface area (Å²) >= 11 is 0. The first-order valence-electron chi connectivity index (χ1n) is 10.0. The smallest absolute Gasteiger partial charge is 0.410 e. The lowest BCUT2D eigenvalue weighted by atomic mass is 10.2. The van der Waals surface area contributed by atoms with Crippen LogP contribution in [0.1, 0.15) is 19.0 Å². The fourth-order valence-electron chi connectivity index (χ4n) is 3.73. The van der Waals surface area contributed by atoms with Gasteiger partial charge in [-0.2, -0.15) is 0 Å². The van der Waals surface area contributed by atoms with Gasteiger partial charge in [-0.05, 0) is 19.1 Å². The molecular formula is C21H25N5O4. The molecule has 2 amide bonds. The highest BCUT2D eigenvalue weighted by molar-refractivity contribution is 5.97. The average molecular weight is 411 g/mol. The monoisotopic (exact) mass is 411 g/mol. The van der Waals surface area contributed by atoms with Gasteiger partial charge in [-0.1, -0.05) is 12.1 Å². The molecule has 30 heavy (non-hydrogen) atoms. The van der Waals surface area contributed by atoms with Crippen molar-refractivity contribution in [1.82, 2.24) is 14.5 Å². The van der Waals surface area contributed by atoms with Crippen LogP contribution < -0.4 is 15.6 Å². The minimum Gasteiger partial charge on any atom is -0.453 e. The lowest BCUT2D eigenvalue weighted by molar-refractivity contribution is -0.120. The molecular weight excluding hydrogens is 386 g/mol. The van der Waals surface area contributed by atoms with Crippen LogP contribution in [0.3, 0.4) is 0 Å². The Morgan fingerprint density at radius 1 is 1.30 bits per heavy atom. The molecule has 1 atom stereocenters. The summed E-state index contributed by atoms with van der Waals surface area (Å²) in [6.07, 6.45) is 5.62. The van der Waals surface area contributed by atoms with Crippen LogP contribution in [0, 0.1) is 0 Å². The van der Waals surface area contributed by atoms with E-state index in [9.17, 15) is 9.59 Å². The van der Waals surface area contributed by atoms with Crippen LogP contribution in [0.25, 0.3) is 6.08 Å². The summed E-state index contributed by atoms with van der Waals surface area (Å²) in [7, 11) is 1.32. The van der Waals surface area contributed by atoms with Crippen molar-refractivity contribution >= 4 is 23.8 Å². The van der Waals surface area contributed by atoms with Gasteiger partial charge in [-0.15, -0.1) is 0 Å². The summed E-state index contributed by atoms with van der Waals surface area (Å²) in [5, 5.41) is 0.939. The van der Waals surface area contributed by atoms with E-state index >= 15 is 0 Å². The van der Waals surface area contributed by atoms with Gasteiger partial charge >= 0.3 is 6.09 Å². The van der Waals surface area contributed by atoms with E-state index in [0.29, 0.717) is 26.1 Å². The third-order valence-electron chi connectivity index (χ3n) is 5.29. The number of methoxy groups -OCH3 is 1. The number of aryl methyl sites for hydroxylation is 1. The molecule has 4 heterocycles. The predicted molar refractivity (Wildman–Crippen MR) is 109 cm³/mol. The average Bonchev–Trinajstić information content (AvgIpc) is 3.15. The molecule has 158 valence electrons. The highest BCUT2D eigenvalue weighted by Crippen LogP contribution is 2.16. The zero-order valence-corrected chi connectivity index (χ0v) is 17.2. The Morgan fingerprint density at radius 3 is 2.87 bits per heavy atom. The first kappa shape index (κ1) is 20.1. The van der Waals surface area contributed by atoms with E-state index < -0.39 is 6.09 Å². The van der Waals surface area contributed by atoms with Crippen molar-refractivity contribution in [1.29, 1.82) is 0 Å². The standard InChI is InChI=1S/C21H25N5O4/c1-3-24-12-17(26-11-10-25(13-19(26)27)21(28)29-2)16-7-8-18(23-20(16)24)30-14-15-6-4-5-9-22-15/h4-7,9,12,18H,3,8,10-11,13-14H2,1-2H3. The number of rotatable bonds is 5. The van der Waals surface area contributed by atoms with E-state index in [1.165, 1.54) is 12.0 Å². The Labute approximate surface area is 174 Å². The second kappa shape index (κ2) is 8.66. The maximum absolute atomic E-state index is 12.7. The molecule has 4 rings (SSSR count). The van der Waals surface area contributed by atoms with Crippen LogP contribution in [-0.4, -0.2) is 59.4 Å². The Bertz CT molecular complexity index is 1050. The number of piperazine rings is 1. The molecule has 1 fully saturated rings. The number of hydrogen-bond donors (Lipinski definition) is 0. The molecule has 9 heteroatoms. The van der Waals surface area contributed by atoms with Crippen LogP contribution in [0.2, 0.25) is 0 Å². The highest BCUT2D eigenvalue weighted by atomic mass is 16.5. The first-order chi connectivity index (χ1) is 14.6. The molecule has 2 aromatic heterocycles. The fourth-order valence-corrected chi connectivity index (χ4v) is 3.73. The van der Waals surface area contributed by atoms with E-state index in [0.717, 1.165) is 28.6 Å². The summed E-state index contributed by atoms with van der Waals surface area (Å²) in [5.41, 5.74) is 2.50. The van der Waals surface area contributed by atoms with Crippen molar-refractivity contribution < 1.29 is 19.1 Å². The number of anilines is 1. The number of fused-ring (bicyclic) bond motifs is 1. The molecule has 0 aromatic carbocycles. The minimum atomic E-state index is -0.481. The van der Waals surface area contributed by atoms with Crippen molar-refractivity contribution in [3.63, 3.8) is 0 Å². The van der Waals surface area contributed by atoms with Crippen molar-refractivity contribution in [3.8, 4) is 0 Å². The molecule has 0 radical (unpaired) electrons. The normalized spacial score (nSPS) is 18.5. The molecule has 2 aliphatic rings. The van der Waals surface area contributed by atoms with Gasteiger partial charge in [0.1, 0.15) is 12.0 Å². The molecule has 0 N–H and O–H groups in total. The molecule has 9 nitrogen and oxygen atoms in total. The van der Waals surface area contributed by atoms with Crippen LogP contribution >= 0.6 is 0 Å². The highest BCUT2D eigenvalue weighted by Gasteiger charge is 2.30. The predicted octanol–water partition coefficient (Wildman–Crippen LogP) is 0.665. The lowest BCUT2D eigenvalue weighted by Gasteiger charge is -2.33.